The van der Waals surface area contributed by atoms with Crippen LogP contribution in [0.5, 0.6) is 0 Å². The lowest BCUT2D eigenvalue weighted by Crippen LogP contribution is -2.45. The minimum Gasteiger partial charge on any atom is -0.454 e. The number of ether oxygens (including phenoxy) is 3. The van der Waals surface area contributed by atoms with Gasteiger partial charge in [-0.05, 0) is 39.7 Å². The summed E-state index contributed by atoms with van der Waals surface area (Å²) >= 11 is 0. The average molecular weight is 402 g/mol. The second-order valence-corrected chi connectivity index (χ2v) is 7.17. The number of hydrogen-bond donors (Lipinski definition) is 0. The summed E-state index contributed by atoms with van der Waals surface area (Å²) in [6.45, 7) is 10.1. The fourth-order valence-corrected chi connectivity index (χ4v) is 3.35. The molecule has 1 fully saturated rings. The molecule has 0 aromatic rings. The number of carbonyl (C=O) groups is 4. The maximum absolute atomic E-state index is 12.6. The maximum atomic E-state index is 12.6. The summed E-state index contributed by atoms with van der Waals surface area (Å²) in [6, 6.07) is 0. The summed E-state index contributed by atoms with van der Waals surface area (Å²) in [7, 11) is 0. The number of esters is 3. The predicted molar refractivity (Wildman–Crippen MR) is 105 cm³/mol. The Balaban J connectivity index is 2.64. The van der Waals surface area contributed by atoms with Crippen LogP contribution in [0.3, 0.4) is 0 Å². The molecule has 0 saturated carbocycles. The Bertz CT molecular complexity index is 815. The Morgan fingerprint density at radius 2 is 1.97 bits per heavy atom. The number of fused-ring (bicyclic) bond motifs is 1. The molecule has 0 spiro atoms. The normalized spacial score (nSPS) is 31.4. The minimum absolute atomic E-state index is 0.0953. The van der Waals surface area contributed by atoms with E-state index in [-0.39, 0.29) is 11.1 Å². The summed E-state index contributed by atoms with van der Waals surface area (Å²) in [6.07, 6.45) is 3.63. The van der Waals surface area contributed by atoms with E-state index in [1.165, 1.54) is 6.92 Å². The Morgan fingerprint density at radius 3 is 2.55 bits per heavy atom. The van der Waals surface area contributed by atoms with Gasteiger partial charge in [0.2, 0.25) is 0 Å². The van der Waals surface area contributed by atoms with Gasteiger partial charge in [0.05, 0.1) is 5.92 Å². The van der Waals surface area contributed by atoms with Gasteiger partial charge in [-0.2, -0.15) is 0 Å². The summed E-state index contributed by atoms with van der Waals surface area (Å²) < 4.78 is 16.5. The molecule has 2 aliphatic rings. The first kappa shape index (κ1) is 22.3. The number of allylic oxidation sites excluding steroid dienone is 3. The fourth-order valence-electron chi connectivity index (χ4n) is 3.35. The molecule has 1 aliphatic heterocycles. The van der Waals surface area contributed by atoms with Gasteiger partial charge < -0.3 is 14.2 Å². The number of aldehydes is 1. The molecule has 4 atom stereocenters. The molecule has 0 unspecified atom stereocenters. The second-order valence-electron chi connectivity index (χ2n) is 7.17. The average Bonchev–Trinajstić information content (AvgIpc) is 2.93. The monoisotopic (exact) mass is 402 g/mol. The van der Waals surface area contributed by atoms with Gasteiger partial charge in [-0.3, -0.25) is 9.59 Å². The first-order valence-electron chi connectivity index (χ1n) is 9.43. The number of hydrogen-bond acceptors (Lipinski definition) is 7. The molecule has 2 rings (SSSR count). The Labute approximate surface area is 170 Å². The quantitative estimate of drug-likeness (QED) is 0.235. The highest BCUT2D eigenvalue weighted by Crippen LogP contribution is 2.37. The molecule has 0 amide bonds. The van der Waals surface area contributed by atoms with Crippen LogP contribution >= 0.6 is 0 Å². The topological polar surface area (TPSA) is 96.0 Å². The summed E-state index contributed by atoms with van der Waals surface area (Å²) in [5.41, 5.74) is 1.54. The molecular formula is C22H26O7. The van der Waals surface area contributed by atoms with Crippen LogP contribution in [0.25, 0.3) is 0 Å². The van der Waals surface area contributed by atoms with Crippen LogP contribution in [0.1, 0.15) is 40.5 Å². The van der Waals surface area contributed by atoms with Crippen molar-refractivity contribution >= 4 is 24.2 Å². The van der Waals surface area contributed by atoms with Gasteiger partial charge in [-0.1, -0.05) is 24.3 Å². The molecule has 0 bridgehead atoms. The van der Waals surface area contributed by atoms with E-state index in [0.717, 1.165) is 5.57 Å². The van der Waals surface area contributed by atoms with Crippen LogP contribution < -0.4 is 0 Å². The Kier molecular flexibility index (Phi) is 7.31. The van der Waals surface area contributed by atoms with E-state index < -0.39 is 42.1 Å². The van der Waals surface area contributed by atoms with Crippen molar-refractivity contribution in [1.29, 1.82) is 0 Å². The largest absolute Gasteiger partial charge is 0.454 e. The van der Waals surface area contributed by atoms with Crippen molar-refractivity contribution in [3.05, 3.63) is 47.1 Å². The lowest BCUT2D eigenvalue weighted by atomic mass is 9.83. The van der Waals surface area contributed by atoms with Gasteiger partial charge in [-0.25, -0.2) is 9.59 Å². The van der Waals surface area contributed by atoms with E-state index >= 15 is 0 Å². The third-order valence-corrected chi connectivity index (χ3v) is 5.04. The molecule has 1 saturated heterocycles. The van der Waals surface area contributed by atoms with Crippen molar-refractivity contribution in [2.45, 2.75) is 58.8 Å². The van der Waals surface area contributed by atoms with E-state index in [9.17, 15) is 19.2 Å². The van der Waals surface area contributed by atoms with Gasteiger partial charge in [0.25, 0.3) is 0 Å². The molecule has 29 heavy (non-hydrogen) atoms. The zero-order valence-corrected chi connectivity index (χ0v) is 17.1. The van der Waals surface area contributed by atoms with Gasteiger partial charge in [0.15, 0.2) is 12.2 Å². The smallest absolute Gasteiger partial charge is 0.334 e. The van der Waals surface area contributed by atoms with E-state index in [1.807, 2.05) is 6.92 Å². The van der Waals surface area contributed by atoms with Crippen LogP contribution in [0.4, 0.5) is 0 Å². The zero-order valence-electron chi connectivity index (χ0n) is 17.1. The third-order valence-electron chi connectivity index (χ3n) is 5.04. The summed E-state index contributed by atoms with van der Waals surface area (Å²) in [5, 5.41) is 0. The van der Waals surface area contributed by atoms with Crippen molar-refractivity contribution in [3.63, 3.8) is 0 Å². The second kappa shape index (κ2) is 9.49. The van der Waals surface area contributed by atoms with Crippen LogP contribution in [0, 0.1) is 5.92 Å². The number of carbonyl (C=O) groups excluding carboxylic acids is 4. The van der Waals surface area contributed by atoms with Crippen molar-refractivity contribution < 1.29 is 33.4 Å². The first-order chi connectivity index (χ1) is 13.7. The molecule has 0 N–H and O–H groups in total. The summed E-state index contributed by atoms with van der Waals surface area (Å²) in [5.74, 6) is -2.73. The SMILES string of the molecule is C=C1C(=O)O[C@@H]2/C=C(\C)CC/C=C(/C=O)[C@H](OC(C)=O)[C@@H](OC(=O)/C(C)=C\C)[C@@H]12. The lowest BCUT2D eigenvalue weighted by Gasteiger charge is -2.33. The van der Waals surface area contributed by atoms with E-state index in [4.69, 9.17) is 14.2 Å². The van der Waals surface area contributed by atoms with Crippen molar-refractivity contribution in [1.82, 2.24) is 0 Å². The molecule has 0 aromatic carbocycles. The van der Waals surface area contributed by atoms with Gasteiger partial charge in [-0.15, -0.1) is 0 Å². The summed E-state index contributed by atoms with van der Waals surface area (Å²) in [4.78, 5) is 48.4. The standard InChI is InChI=1S/C22H26O7/c1-6-13(3)21(25)29-20-18-14(4)22(26)28-17(18)10-12(2)8-7-9-16(11-23)19(20)27-15(5)24/h6,9-11,17-20H,4,7-8H2,1-3,5H3/b12-10+,13-6-,16-9-/t17-,18+,19+,20+/m1/s1. The molecule has 156 valence electrons. The molecule has 7 heteroatoms. The molecule has 0 aromatic heterocycles. The van der Waals surface area contributed by atoms with Crippen LogP contribution in [-0.2, 0) is 33.4 Å². The molecule has 1 aliphatic carbocycles. The lowest BCUT2D eigenvalue weighted by molar-refractivity contribution is -0.166. The van der Waals surface area contributed by atoms with Gasteiger partial charge in [0.1, 0.15) is 12.4 Å². The maximum Gasteiger partial charge on any atom is 0.334 e. The molecular weight excluding hydrogens is 376 g/mol. The third kappa shape index (κ3) is 5.10. The molecule has 7 nitrogen and oxygen atoms in total. The first-order valence-corrected chi connectivity index (χ1v) is 9.43. The van der Waals surface area contributed by atoms with Crippen molar-refractivity contribution in [2.75, 3.05) is 0 Å². The highest BCUT2D eigenvalue weighted by atomic mass is 16.6. The van der Waals surface area contributed by atoms with Crippen molar-refractivity contribution in [3.8, 4) is 0 Å². The Morgan fingerprint density at radius 1 is 1.28 bits per heavy atom. The predicted octanol–water partition coefficient (Wildman–Crippen LogP) is 2.76. The van der Waals surface area contributed by atoms with E-state index in [2.05, 4.69) is 6.58 Å². The van der Waals surface area contributed by atoms with Crippen LogP contribution in [0.2, 0.25) is 0 Å². The van der Waals surface area contributed by atoms with Crippen molar-refractivity contribution in [2.24, 2.45) is 5.92 Å². The van der Waals surface area contributed by atoms with Gasteiger partial charge >= 0.3 is 17.9 Å². The van der Waals surface area contributed by atoms with Crippen LogP contribution in [-0.4, -0.2) is 42.5 Å². The molecule has 0 radical (unpaired) electrons. The minimum atomic E-state index is -1.19. The fraction of sp³-hybridized carbons (Fsp3) is 0.455. The van der Waals surface area contributed by atoms with Crippen LogP contribution in [0.15, 0.2) is 47.1 Å². The highest BCUT2D eigenvalue weighted by molar-refractivity contribution is 5.92. The molecule has 1 heterocycles. The van der Waals surface area contributed by atoms with E-state index in [1.54, 1.807) is 32.1 Å². The number of rotatable bonds is 4. The van der Waals surface area contributed by atoms with Gasteiger partial charge in [0, 0.05) is 23.6 Å². The van der Waals surface area contributed by atoms with E-state index in [0.29, 0.717) is 24.7 Å². The Hall–Kier alpha value is -2.96. The highest BCUT2D eigenvalue weighted by Gasteiger charge is 2.49. The zero-order chi connectivity index (χ0) is 21.7.